The largest absolute Gasteiger partial charge is 0.480 e. The number of imidazole rings is 1. The Morgan fingerprint density at radius 3 is 2.57 bits per heavy atom. The first kappa shape index (κ1) is 18.2. The second kappa shape index (κ2) is 7.84. The van der Waals surface area contributed by atoms with Gasteiger partial charge in [-0.05, 0) is 43.5 Å². The van der Waals surface area contributed by atoms with Gasteiger partial charge in [0.25, 0.3) is 0 Å². The van der Waals surface area contributed by atoms with E-state index in [0.717, 1.165) is 35.4 Å². The summed E-state index contributed by atoms with van der Waals surface area (Å²) >= 11 is 0. The number of benzene rings is 2. The highest BCUT2D eigenvalue weighted by Gasteiger charge is 2.31. The van der Waals surface area contributed by atoms with Crippen LogP contribution in [0.3, 0.4) is 0 Å². The van der Waals surface area contributed by atoms with Crippen LogP contribution in [-0.2, 0) is 16.0 Å². The fourth-order valence-electron chi connectivity index (χ4n) is 3.96. The quantitative estimate of drug-likeness (QED) is 0.739. The van der Waals surface area contributed by atoms with Gasteiger partial charge in [-0.1, -0.05) is 30.3 Å². The van der Waals surface area contributed by atoms with E-state index in [9.17, 15) is 14.7 Å². The molecule has 0 radical (unpaired) electrons. The minimum Gasteiger partial charge on any atom is -0.480 e. The fourth-order valence-corrected chi connectivity index (χ4v) is 3.96. The Labute approximate surface area is 163 Å². The molecule has 6 heteroatoms. The number of fused-ring (bicyclic) bond motifs is 1. The normalized spacial score (nSPS) is 17.0. The molecule has 1 fully saturated rings. The van der Waals surface area contributed by atoms with E-state index in [1.165, 1.54) is 4.90 Å². The molecule has 6 nitrogen and oxygen atoms in total. The number of amides is 1. The molecule has 28 heavy (non-hydrogen) atoms. The Morgan fingerprint density at radius 2 is 1.79 bits per heavy atom. The highest BCUT2D eigenvalue weighted by Crippen LogP contribution is 2.23. The Kier molecular flexibility index (Phi) is 5.10. The molecule has 1 aliphatic rings. The minimum atomic E-state index is -0.912. The molecule has 1 unspecified atom stereocenters. The zero-order valence-corrected chi connectivity index (χ0v) is 15.6. The predicted molar refractivity (Wildman–Crippen MR) is 106 cm³/mol. The van der Waals surface area contributed by atoms with Crippen molar-refractivity contribution in [2.45, 2.75) is 38.1 Å². The monoisotopic (exact) mass is 377 g/mol. The van der Waals surface area contributed by atoms with Crippen molar-refractivity contribution in [3.8, 4) is 5.69 Å². The first-order chi connectivity index (χ1) is 13.6. The zero-order chi connectivity index (χ0) is 19.5. The molecule has 144 valence electrons. The van der Waals surface area contributed by atoms with E-state index < -0.39 is 12.0 Å². The Balaban J connectivity index is 1.60. The molecule has 2 heterocycles. The number of aryl methyl sites for hydroxylation is 1. The van der Waals surface area contributed by atoms with E-state index in [1.807, 2.05) is 54.6 Å². The van der Waals surface area contributed by atoms with E-state index in [4.69, 9.17) is 4.98 Å². The van der Waals surface area contributed by atoms with Gasteiger partial charge in [0.05, 0.1) is 11.0 Å². The van der Waals surface area contributed by atoms with Crippen LogP contribution in [0.25, 0.3) is 16.7 Å². The van der Waals surface area contributed by atoms with Crippen LogP contribution in [0, 0.1) is 0 Å². The molecule has 0 aliphatic carbocycles. The van der Waals surface area contributed by atoms with Crippen LogP contribution in [-0.4, -0.2) is 44.0 Å². The van der Waals surface area contributed by atoms with E-state index in [2.05, 4.69) is 4.57 Å². The number of piperidine rings is 1. The number of carbonyl (C=O) groups is 2. The standard InChI is InChI=1S/C22H23N3O3/c26-21(24-15-7-6-12-19(24)22(27)28)14-13-20-23-17-10-4-5-11-18(17)25(20)16-8-2-1-3-9-16/h1-5,8-11,19H,6-7,12-15H2,(H,27,28). The number of hydrogen-bond acceptors (Lipinski definition) is 3. The summed E-state index contributed by atoms with van der Waals surface area (Å²) in [6, 6.07) is 17.2. The van der Waals surface area contributed by atoms with Gasteiger partial charge in [0.15, 0.2) is 0 Å². The number of aliphatic carboxylic acids is 1. The van der Waals surface area contributed by atoms with Gasteiger partial charge in [-0.3, -0.25) is 9.36 Å². The lowest BCUT2D eigenvalue weighted by Crippen LogP contribution is -2.48. The first-order valence-corrected chi connectivity index (χ1v) is 9.69. The van der Waals surface area contributed by atoms with Crippen LogP contribution >= 0.6 is 0 Å². The molecule has 1 N–H and O–H groups in total. The van der Waals surface area contributed by atoms with Crippen molar-refractivity contribution < 1.29 is 14.7 Å². The molecule has 0 saturated carbocycles. The van der Waals surface area contributed by atoms with Gasteiger partial charge < -0.3 is 10.0 Å². The lowest BCUT2D eigenvalue weighted by Gasteiger charge is -2.33. The van der Waals surface area contributed by atoms with Gasteiger partial charge in [0, 0.05) is 25.1 Å². The minimum absolute atomic E-state index is 0.112. The number of nitrogens with zero attached hydrogens (tertiary/aromatic N) is 3. The van der Waals surface area contributed by atoms with E-state index in [-0.39, 0.29) is 12.3 Å². The van der Waals surface area contributed by atoms with Crippen molar-refractivity contribution in [2.24, 2.45) is 0 Å². The number of aromatic nitrogens is 2. The van der Waals surface area contributed by atoms with Gasteiger partial charge in [-0.15, -0.1) is 0 Å². The van der Waals surface area contributed by atoms with Gasteiger partial charge >= 0.3 is 5.97 Å². The lowest BCUT2D eigenvalue weighted by molar-refractivity contribution is -0.152. The zero-order valence-electron chi connectivity index (χ0n) is 15.6. The van der Waals surface area contributed by atoms with Gasteiger partial charge in [0.2, 0.25) is 5.91 Å². The van der Waals surface area contributed by atoms with Crippen molar-refractivity contribution in [2.75, 3.05) is 6.54 Å². The highest BCUT2D eigenvalue weighted by molar-refractivity contribution is 5.84. The summed E-state index contributed by atoms with van der Waals surface area (Å²) in [5.41, 5.74) is 2.88. The molecule has 2 aromatic carbocycles. The van der Waals surface area contributed by atoms with Gasteiger partial charge in [0.1, 0.15) is 11.9 Å². The third-order valence-electron chi connectivity index (χ3n) is 5.32. The molecular formula is C22H23N3O3. The average molecular weight is 377 g/mol. The summed E-state index contributed by atoms with van der Waals surface area (Å²) in [5.74, 6) is -0.215. The van der Waals surface area contributed by atoms with Crippen LogP contribution in [0.2, 0.25) is 0 Å². The maximum atomic E-state index is 12.8. The van der Waals surface area contributed by atoms with E-state index >= 15 is 0 Å². The SMILES string of the molecule is O=C(O)C1CCCCN1C(=O)CCc1nc2ccccc2n1-c1ccccc1. The van der Waals surface area contributed by atoms with Crippen LogP contribution < -0.4 is 0 Å². The Bertz CT molecular complexity index is 997. The third kappa shape index (κ3) is 3.50. The molecule has 0 spiro atoms. The number of para-hydroxylation sites is 3. The predicted octanol–water partition coefficient (Wildman–Crippen LogP) is 3.42. The molecule has 1 saturated heterocycles. The van der Waals surface area contributed by atoms with Gasteiger partial charge in [-0.25, -0.2) is 9.78 Å². The Morgan fingerprint density at radius 1 is 1.04 bits per heavy atom. The number of likely N-dealkylation sites (tertiary alicyclic amines) is 1. The number of carboxylic acids is 1. The van der Waals surface area contributed by atoms with Crippen molar-refractivity contribution in [3.05, 3.63) is 60.4 Å². The van der Waals surface area contributed by atoms with E-state index in [0.29, 0.717) is 19.4 Å². The summed E-state index contributed by atoms with van der Waals surface area (Å²) in [6.45, 7) is 0.519. The number of carboxylic acid groups (broad SMARTS) is 1. The van der Waals surface area contributed by atoms with Crippen LogP contribution in [0.1, 0.15) is 31.5 Å². The number of rotatable bonds is 5. The summed E-state index contributed by atoms with van der Waals surface area (Å²) in [7, 11) is 0. The summed E-state index contributed by atoms with van der Waals surface area (Å²) in [6.07, 6.45) is 2.96. The van der Waals surface area contributed by atoms with Crippen LogP contribution in [0.4, 0.5) is 0 Å². The Hall–Kier alpha value is -3.15. The third-order valence-corrected chi connectivity index (χ3v) is 5.32. The second-order valence-electron chi connectivity index (χ2n) is 7.12. The van der Waals surface area contributed by atoms with Crippen molar-refractivity contribution >= 4 is 22.9 Å². The maximum Gasteiger partial charge on any atom is 0.326 e. The second-order valence-corrected chi connectivity index (χ2v) is 7.12. The summed E-state index contributed by atoms with van der Waals surface area (Å²) in [5, 5.41) is 9.42. The molecule has 4 rings (SSSR count). The molecule has 3 aromatic rings. The molecule has 1 amide bonds. The molecule has 1 atom stereocenters. The lowest BCUT2D eigenvalue weighted by atomic mass is 10.0. The maximum absolute atomic E-state index is 12.8. The molecule has 0 bridgehead atoms. The molecule has 1 aliphatic heterocycles. The first-order valence-electron chi connectivity index (χ1n) is 9.69. The van der Waals surface area contributed by atoms with Crippen molar-refractivity contribution in [1.82, 2.24) is 14.5 Å². The molecule has 1 aromatic heterocycles. The summed E-state index contributed by atoms with van der Waals surface area (Å²) in [4.78, 5) is 30.5. The average Bonchev–Trinajstić information content (AvgIpc) is 3.11. The number of carbonyl (C=O) groups excluding carboxylic acids is 1. The molecular weight excluding hydrogens is 354 g/mol. The highest BCUT2D eigenvalue weighted by atomic mass is 16.4. The topological polar surface area (TPSA) is 75.4 Å². The van der Waals surface area contributed by atoms with E-state index in [1.54, 1.807) is 0 Å². The van der Waals surface area contributed by atoms with Crippen LogP contribution in [0.5, 0.6) is 0 Å². The summed E-state index contributed by atoms with van der Waals surface area (Å²) < 4.78 is 2.08. The van der Waals surface area contributed by atoms with Crippen molar-refractivity contribution in [1.29, 1.82) is 0 Å². The smallest absolute Gasteiger partial charge is 0.326 e. The van der Waals surface area contributed by atoms with Crippen molar-refractivity contribution in [3.63, 3.8) is 0 Å². The van der Waals surface area contributed by atoms with Crippen LogP contribution in [0.15, 0.2) is 54.6 Å². The fraction of sp³-hybridized carbons (Fsp3) is 0.318. The van der Waals surface area contributed by atoms with Gasteiger partial charge in [-0.2, -0.15) is 0 Å². The number of hydrogen-bond donors (Lipinski definition) is 1.